The fourth-order valence-electron chi connectivity index (χ4n) is 9.76. The summed E-state index contributed by atoms with van der Waals surface area (Å²) >= 11 is 3.58. The van der Waals surface area contributed by atoms with Crippen LogP contribution in [-0.2, 0) is 23.9 Å². The van der Waals surface area contributed by atoms with Gasteiger partial charge in [-0.05, 0) is 82.5 Å². The summed E-state index contributed by atoms with van der Waals surface area (Å²) in [7, 11) is 0. The highest BCUT2D eigenvalue weighted by Crippen LogP contribution is 2.24. The van der Waals surface area contributed by atoms with Crippen molar-refractivity contribution in [3.05, 3.63) is 0 Å². The lowest BCUT2D eigenvalue weighted by Crippen LogP contribution is -2.41. The first-order chi connectivity index (χ1) is 32.4. The monoisotopic (exact) mass is 996 g/mol. The number of aldehydes is 1. The molecule has 0 radical (unpaired) electrons. The topological polar surface area (TPSA) is 72.9 Å². The lowest BCUT2D eigenvalue weighted by molar-refractivity contribution is -0.145. The van der Waals surface area contributed by atoms with Crippen molar-refractivity contribution in [3.8, 4) is 0 Å². The summed E-state index contributed by atoms with van der Waals surface area (Å²) in [6, 6.07) is 0.331. The van der Waals surface area contributed by atoms with Crippen molar-refractivity contribution in [1.82, 2.24) is 4.90 Å². The van der Waals surface area contributed by atoms with Crippen LogP contribution >= 0.6 is 15.9 Å². The van der Waals surface area contributed by atoms with E-state index in [4.69, 9.17) is 9.47 Å². The number of hydrogen-bond donors (Lipinski definition) is 0. The molecule has 0 fully saturated rings. The normalized spacial score (nSPS) is 13.4. The van der Waals surface area contributed by atoms with E-state index in [1.807, 2.05) is 0 Å². The van der Waals surface area contributed by atoms with Gasteiger partial charge in [-0.25, -0.2) is 0 Å². The molecule has 4 unspecified atom stereocenters. The van der Waals surface area contributed by atoms with Crippen molar-refractivity contribution in [2.24, 2.45) is 17.8 Å². The molecule has 0 aliphatic heterocycles. The minimum absolute atomic E-state index is 0.00472. The smallest absolute Gasteiger partial charge is 0.305 e. The maximum absolute atomic E-state index is 13.9. The number of alkyl halides is 1. The highest BCUT2D eigenvalue weighted by Gasteiger charge is 2.23. The van der Waals surface area contributed by atoms with Crippen molar-refractivity contribution < 1.29 is 23.9 Å². The number of carbonyl (C=O) groups excluding carboxylic acids is 3. The predicted molar refractivity (Wildman–Crippen MR) is 290 cm³/mol. The third-order valence-electron chi connectivity index (χ3n) is 14.3. The first kappa shape index (κ1) is 65.0. The number of ether oxygens (including phenoxy) is 2. The molecule has 0 N–H and O–H groups in total. The summed E-state index contributed by atoms with van der Waals surface area (Å²) in [5.41, 5.74) is 0. The van der Waals surface area contributed by atoms with Crippen molar-refractivity contribution in [2.45, 2.75) is 310 Å². The van der Waals surface area contributed by atoms with Crippen LogP contribution in [0.15, 0.2) is 0 Å². The van der Waals surface area contributed by atoms with E-state index in [1.165, 1.54) is 186 Å². The quantitative estimate of drug-likeness (QED) is 0.0263. The van der Waals surface area contributed by atoms with Crippen molar-refractivity contribution in [2.75, 3.05) is 31.7 Å². The molecule has 0 aliphatic carbocycles. The lowest BCUT2D eigenvalue weighted by Gasteiger charge is -2.33. The maximum atomic E-state index is 13.9. The molecule has 0 aromatic heterocycles. The number of halogens is 1. The van der Waals surface area contributed by atoms with Crippen LogP contribution in [-0.4, -0.2) is 60.8 Å². The Balaban J connectivity index is 5.06. The Bertz CT molecular complexity index is 1030. The molecule has 0 aliphatic rings. The lowest BCUT2D eigenvalue weighted by atomic mass is 9.96. The number of amides is 1. The summed E-state index contributed by atoms with van der Waals surface area (Å²) in [6.07, 6.45) is 50.5. The molecule has 66 heavy (non-hydrogen) atoms. The van der Waals surface area contributed by atoms with E-state index >= 15 is 0 Å². The molecular formula is C59H114BrNO5. The van der Waals surface area contributed by atoms with E-state index in [1.54, 1.807) is 0 Å². The molecule has 0 spiro atoms. The number of carbonyl (C=O) groups is 3. The third-order valence-corrected chi connectivity index (χ3v) is 14.9. The highest BCUT2D eigenvalue weighted by atomic mass is 79.9. The van der Waals surface area contributed by atoms with Gasteiger partial charge in [-0.1, -0.05) is 237 Å². The van der Waals surface area contributed by atoms with E-state index in [0.29, 0.717) is 49.8 Å². The Morgan fingerprint density at radius 1 is 0.439 bits per heavy atom. The summed E-state index contributed by atoms with van der Waals surface area (Å²) in [4.78, 5) is 40.8. The van der Waals surface area contributed by atoms with Crippen LogP contribution in [0.3, 0.4) is 0 Å². The Morgan fingerprint density at radius 2 is 0.848 bits per heavy atom. The molecule has 6 nitrogen and oxygen atoms in total. The fourth-order valence-corrected chi connectivity index (χ4v) is 10.2. The molecule has 4 atom stereocenters. The number of unbranched alkanes of at least 4 members (excludes halogenated alkanes) is 25. The van der Waals surface area contributed by atoms with Crippen molar-refractivity contribution in [3.63, 3.8) is 0 Å². The minimum Gasteiger partial charge on any atom is -0.465 e. The number of rotatable bonds is 54. The van der Waals surface area contributed by atoms with Gasteiger partial charge in [-0.3, -0.25) is 9.59 Å². The van der Waals surface area contributed by atoms with Gasteiger partial charge in [0.05, 0.1) is 13.2 Å². The first-order valence-electron chi connectivity index (χ1n) is 29.4. The average Bonchev–Trinajstić information content (AvgIpc) is 3.32. The molecule has 0 bridgehead atoms. The van der Waals surface area contributed by atoms with Gasteiger partial charge in [0, 0.05) is 43.3 Å². The summed E-state index contributed by atoms with van der Waals surface area (Å²) < 4.78 is 12.0. The van der Waals surface area contributed by atoms with E-state index in [-0.39, 0.29) is 11.9 Å². The molecule has 0 aromatic carbocycles. The van der Waals surface area contributed by atoms with Gasteiger partial charge in [-0.2, -0.15) is 0 Å². The van der Waals surface area contributed by atoms with Gasteiger partial charge in [-0.15, -0.1) is 0 Å². The number of nitrogens with zero attached hydrogens (tertiary/aromatic N) is 1. The van der Waals surface area contributed by atoms with Crippen molar-refractivity contribution in [1.29, 1.82) is 0 Å². The zero-order valence-corrected chi connectivity index (χ0v) is 46.6. The van der Waals surface area contributed by atoms with Crippen LogP contribution in [0.25, 0.3) is 0 Å². The van der Waals surface area contributed by atoms with Gasteiger partial charge in [0.15, 0.2) is 0 Å². The van der Waals surface area contributed by atoms with Gasteiger partial charge < -0.3 is 19.2 Å². The average molecular weight is 997 g/mol. The largest absolute Gasteiger partial charge is 0.465 e. The van der Waals surface area contributed by atoms with Crippen LogP contribution in [0.5, 0.6) is 0 Å². The Morgan fingerprint density at radius 3 is 1.36 bits per heavy atom. The standard InChI is InChI=1S/C59H114BrNO5/c1-6-11-16-19-20-23-29-38-49-61(58(63)46-36-37-48-60)57(44-33-26-21-22-28-35-47-59(64)66-53-55(40-15-10-5)42-31-18-13-8-3)45-34-27-24-25-32-43-56(50-62)52-65-51-54(39-14-9-4)41-30-17-12-7-2/h50,54-57H,6-49,51-53H2,1-5H3. The Kier molecular flexibility index (Phi) is 51.1. The minimum atomic E-state index is -0.00472. The molecule has 7 heteroatoms. The van der Waals surface area contributed by atoms with Crippen LogP contribution < -0.4 is 0 Å². The molecular weight excluding hydrogens is 883 g/mol. The molecule has 0 rings (SSSR count). The summed E-state index contributed by atoms with van der Waals surface area (Å²) in [5.74, 6) is 1.54. The highest BCUT2D eigenvalue weighted by molar-refractivity contribution is 9.09. The second-order valence-electron chi connectivity index (χ2n) is 20.7. The Labute approximate surface area is 420 Å². The second kappa shape index (κ2) is 51.9. The predicted octanol–water partition coefficient (Wildman–Crippen LogP) is 18.7. The zero-order valence-electron chi connectivity index (χ0n) is 45.0. The van der Waals surface area contributed by atoms with Gasteiger partial charge in [0.2, 0.25) is 5.91 Å². The van der Waals surface area contributed by atoms with Gasteiger partial charge in [0.1, 0.15) is 6.29 Å². The third kappa shape index (κ3) is 42.0. The Hall–Kier alpha value is -0.950. The number of hydrogen-bond acceptors (Lipinski definition) is 5. The van der Waals surface area contributed by atoms with Crippen LogP contribution in [0.1, 0.15) is 304 Å². The second-order valence-corrected chi connectivity index (χ2v) is 21.5. The first-order valence-corrected chi connectivity index (χ1v) is 30.6. The van der Waals surface area contributed by atoms with Crippen LogP contribution in [0, 0.1) is 17.8 Å². The maximum Gasteiger partial charge on any atom is 0.305 e. The molecule has 0 aromatic rings. The molecule has 392 valence electrons. The van der Waals surface area contributed by atoms with Gasteiger partial charge in [0.25, 0.3) is 0 Å². The van der Waals surface area contributed by atoms with E-state index in [0.717, 1.165) is 95.4 Å². The van der Waals surface area contributed by atoms with Crippen molar-refractivity contribution >= 4 is 34.1 Å². The van der Waals surface area contributed by atoms with Crippen LogP contribution in [0.2, 0.25) is 0 Å². The van der Waals surface area contributed by atoms with Crippen LogP contribution in [0.4, 0.5) is 0 Å². The molecule has 0 saturated carbocycles. The molecule has 1 amide bonds. The van der Waals surface area contributed by atoms with E-state index < -0.39 is 0 Å². The van der Waals surface area contributed by atoms with Gasteiger partial charge >= 0.3 is 5.97 Å². The summed E-state index contributed by atoms with van der Waals surface area (Å²) in [6.45, 7) is 14.2. The molecule has 0 heterocycles. The SMILES string of the molecule is CCCCCCCCCCN(C(=O)CCCCBr)C(CCCCCCCCC(=O)OCC(CCCC)CCCCCC)CCCCCCCC(C=O)COCC(CCCC)CCCCCC. The molecule has 0 saturated heterocycles. The zero-order chi connectivity index (χ0) is 48.4. The van der Waals surface area contributed by atoms with E-state index in [9.17, 15) is 14.4 Å². The fraction of sp³-hybridized carbons (Fsp3) is 0.949. The number of esters is 1. The summed E-state index contributed by atoms with van der Waals surface area (Å²) in [5, 5.41) is 0.959. The van der Waals surface area contributed by atoms with E-state index in [2.05, 4.69) is 55.4 Å².